The molecule has 4 heteroatoms. The van der Waals surface area contributed by atoms with Gasteiger partial charge in [-0.25, -0.2) is 0 Å². The number of hydrogen-bond acceptors (Lipinski definition) is 4. The van der Waals surface area contributed by atoms with E-state index < -0.39 is 0 Å². The third-order valence-electron chi connectivity index (χ3n) is 2.90. The largest absolute Gasteiger partial charge is 0.469 e. The predicted octanol–water partition coefficient (Wildman–Crippen LogP) is 1.65. The summed E-state index contributed by atoms with van der Waals surface area (Å²) in [7, 11) is 1.42. The van der Waals surface area contributed by atoms with Gasteiger partial charge in [0.05, 0.1) is 19.8 Å². The number of carbonyl (C=O) groups excluding carboxylic acids is 1. The number of esters is 1. The Morgan fingerprint density at radius 1 is 1.38 bits per heavy atom. The van der Waals surface area contributed by atoms with Crippen molar-refractivity contribution in [3.63, 3.8) is 0 Å². The number of unbranched alkanes of at least 4 members (excludes halogenated alkanes) is 4. The van der Waals surface area contributed by atoms with E-state index in [1.807, 2.05) is 0 Å². The maximum Gasteiger partial charge on any atom is 0.305 e. The van der Waals surface area contributed by atoms with Crippen LogP contribution in [0.1, 0.15) is 44.9 Å². The first-order valence-corrected chi connectivity index (χ1v) is 6.10. The molecule has 1 aliphatic rings. The van der Waals surface area contributed by atoms with Crippen molar-refractivity contribution in [3.05, 3.63) is 0 Å². The number of epoxide rings is 1. The van der Waals surface area contributed by atoms with Gasteiger partial charge in [0, 0.05) is 6.42 Å². The molecule has 94 valence electrons. The van der Waals surface area contributed by atoms with Gasteiger partial charge in [0.25, 0.3) is 0 Å². The second-order valence-electron chi connectivity index (χ2n) is 4.32. The molecule has 1 N–H and O–H groups in total. The summed E-state index contributed by atoms with van der Waals surface area (Å²) >= 11 is 0. The molecule has 0 saturated carbocycles. The molecule has 2 unspecified atom stereocenters. The molecule has 0 spiro atoms. The van der Waals surface area contributed by atoms with Crippen LogP contribution in [-0.4, -0.2) is 37.0 Å². The lowest BCUT2D eigenvalue weighted by Gasteiger charge is -2.06. The number of methoxy groups -OCH3 is 1. The fourth-order valence-electron chi connectivity index (χ4n) is 1.72. The van der Waals surface area contributed by atoms with Crippen molar-refractivity contribution in [3.8, 4) is 0 Å². The zero-order chi connectivity index (χ0) is 11.8. The lowest BCUT2D eigenvalue weighted by Crippen LogP contribution is -2.13. The van der Waals surface area contributed by atoms with Crippen molar-refractivity contribution in [1.29, 1.82) is 0 Å². The van der Waals surface area contributed by atoms with Crippen LogP contribution < -0.4 is 0 Å². The van der Waals surface area contributed by atoms with E-state index in [-0.39, 0.29) is 18.2 Å². The number of hydrogen-bond donors (Lipinski definition) is 1. The Bertz CT molecular complexity index is 201. The Balaban J connectivity index is 1.79. The maximum atomic E-state index is 10.8. The lowest BCUT2D eigenvalue weighted by molar-refractivity contribution is -0.140. The molecule has 2 atom stereocenters. The van der Waals surface area contributed by atoms with Gasteiger partial charge < -0.3 is 14.6 Å². The number of aliphatic hydroxyl groups is 1. The van der Waals surface area contributed by atoms with Crippen molar-refractivity contribution in [2.45, 2.75) is 57.2 Å². The zero-order valence-corrected chi connectivity index (χ0v) is 9.98. The van der Waals surface area contributed by atoms with Crippen molar-refractivity contribution < 1.29 is 19.4 Å². The smallest absolute Gasteiger partial charge is 0.305 e. The Morgan fingerprint density at radius 2 is 2.00 bits per heavy atom. The van der Waals surface area contributed by atoms with Gasteiger partial charge in [-0.2, -0.15) is 0 Å². The van der Waals surface area contributed by atoms with E-state index in [9.17, 15) is 9.90 Å². The summed E-state index contributed by atoms with van der Waals surface area (Å²) < 4.78 is 9.56. The average molecular weight is 230 g/mol. The van der Waals surface area contributed by atoms with Crippen LogP contribution in [0.4, 0.5) is 0 Å². The number of rotatable bonds is 9. The maximum absolute atomic E-state index is 10.8. The minimum Gasteiger partial charge on any atom is -0.469 e. The molecule has 0 aromatic rings. The van der Waals surface area contributed by atoms with Crippen LogP contribution in [0.3, 0.4) is 0 Å². The van der Waals surface area contributed by atoms with E-state index in [0.29, 0.717) is 6.42 Å². The average Bonchev–Trinajstić information content (AvgIpc) is 3.10. The molecule has 0 radical (unpaired) electrons. The standard InChI is InChI=1S/C12H22O4/c1-15-12(14)8-6-4-2-3-5-7-10(13)11-9-16-11/h10-11,13H,2-9H2,1H3. The molecular weight excluding hydrogens is 208 g/mol. The van der Waals surface area contributed by atoms with Crippen molar-refractivity contribution in [1.82, 2.24) is 0 Å². The molecular formula is C12H22O4. The van der Waals surface area contributed by atoms with Crippen LogP contribution in [0, 0.1) is 0 Å². The molecule has 4 nitrogen and oxygen atoms in total. The van der Waals surface area contributed by atoms with Crippen molar-refractivity contribution in [2.24, 2.45) is 0 Å². The molecule has 0 aromatic heterocycles. The van der Waals surface area contributed by atoms with E-state index in [0.717, 1.165) is 45.1 Å². The Labute approximate surface area is 96.9 Å². The van der Waals surface area contributed by atoms with Gasteiger partial charge in [-0.05, 0) is 12.8 Å². The van der Waals surface area contributed by atoms with E-state index in [1.54, 1.807) is 0 Å². The molecule has 0 aromatic carbocycles. The summed E-state index contributed by atoms with van der Waals surface area (Å²) in [6.45, 7) is 0.723. The van der Waals surface area contributed by atoms with Crippen LogP contribution in [0.25, 0.3) is 0 Å². The second kappa shape index (κ2) is 7.63. The molecule has 0 aliphatic carbocycles. The number of ether oxygens (including phenoxy) is 2. The molecule has 0 bridgehead atoms. The first-order valence-electron chi connectivity index (χ1n) is 6.10. The third kappa shape index (κ3) is 6.08. The van der Waals surface area contributed by atoms with Crippen molar-refractivity contribution in [2.75, 3.05) is 13.7 Å². The van der Waals surface area contributed by atoms with Crippen molar-refractivity contribution >= 4 is 5.97 Å². The van der Waals surface area contributed by atoms with Crippen LogP contribution in [0.15, 0.2) is 0 Å². The molecule has 1 aliphatic heterocycles. The highest BCUT2D eigenvalue weighted by atomic mass is 16.6. The molecule has 1 saturated heterocycles. The monoisotopic (exact) mass is 230 g/mol. The van der Waals surface area contributed by atoms with E-state index >= 15 is 0 Å². The van der Waals surface area contributed by atoms with Gasteiger partial charge in [-0.3, -0.25) is 4.79 Å². The van der Waals surface area contributed by atoms with Crippen LogP contribution in [0.5, 0.6) is 0 Å². The van der Waals surface area contributed by atoms with Gasteiger partial charge in [0.2, 0.25) is 0 Å². The normalized spacial score (nSPS) is 20.5. The van der Waals surface area contributed by atoms with Crippen LogP contribution in [-0.2, 0) is 14.3 Å². The summed E-state index contributed by atoms with van der Waals surface area (Å²) in [5.41, 5.74) is 0. The number of carbonyl (C=O) groups is 1. The van der Waals surface area contributed by atoms with Gasteiger partial charge in [0.1, 0.15) is 6.10 Å². The summed E-state index contributed by atoms with van der Waals surface area (Å²) in [5.74, 6) is -0.124. The minimum absolute atomic E-state index is 0.110. The Kier molecular flexibility index (Phi) is 6.42. The van der Waals surface area contributed by atoms with E-state index in [4.69, 9.17) is 4.74 Å². The Hall–Kier alpha value is -0.610. The number of aliphatic hydroxyl groups excluding tert-OH is 1. The Morgan fingerprint density at radius 3 is 2.62 bits per heavy atom. The third-order valence-corrected chi connectivity index (χ3v) is 2.90. The first-order chi connectivity index (χ1) is 7.74. The predicted molar refractivity (Wildman–Crippen MR) is 60.1 cm³/mol. The zero-order valence-electron chi connectivity index (χ0n) is 9.98. The molecule has 1 rings (SSSR count). The topological polar surface area (TPSA) is 59.1 Å². The van der Waals surface area contributed by atoms with Crippen LogP contribution >= 0.6 is 0 Å². The minimum atomic E-state index is -0.268. The quantitative estimate of drug-likeness (QED) is 0.372. The van der Waals surface area contributed by atoms with Gasteiger partial charge in [0.15, 0.2) is 0 Å². The fraction of sp³-hybridized carbons (Fsp3) is 0.917. The molecule has 1 heterocycles. The highest BCUT2D eigenvalue weighted by molar-refractivity contribution is 5.68. The lowest BCUT2D eigenvalue weighted by atomic mass is 10.1. The SMILES string of the molecule is COC(=O)CCCCCCCC(O)C1CO1. The first kappa shape index (κ1) is 13.5. The summed E-state index contributed by atoms with van der Waals surface area (Å²) in [4.78, 5) is 10.8. The van der Waals surface area contributed by atoms with Gasteiger partial charge in [-0.15, -0.1) is 0 Å². The molecule has 0 amide bonds. The molecule has 16 heavy (non-hydrogen) atoms. The van der Waals surface area contributed by atoms with E-state index in [1.165, 1.54) is 7.11 Å². The summed E-state index contributed by atoms with van der Waals surface area (Å²) in [6.07, 6.45) is 6.44. The molecule has 1 fully saturated rings. The van der Waals surface area contributed by atoms with Gasteiger partial charge >= 0.3 is 5.97 Å². The highest BCUT2D eigenvalue weighted by Gasteiger charge is 2.30. The fourth-order valence-corrected chi connectivity index (χ4v) is 1.72. The summed E-state index contributed by atoms with van der Waals surface area (Å²) in [5, 5.41) is 9.51. The van der Waals surface area contributed by atoms with E-state index in [2.05, 4.69) is 4.74 Å². The van der Waals surface area contributed by atoms with Gasteiger partial charge in [-0.1, -0.05) is 25.7 Å². The summed E-state index contributed by atoms with van der Waals surface area (Å²) in [6, 6.07) is 0. The van der Waals surface area contributed by atoms with Crippen LogP contribution in [0.2, 0.25) is 0 Å². The second-order valence-corrected chi connectivity index (χ2v) is 4.32. The highest BCUT2D eigenvalue weighted by Crippen LogP contribution is 2.19.